The summed E-state index contributed by atoms with van der Waals surface area (Å²) >= 11 is 1.68. The maximum atomic E-state index is 6.24. The van der Waals surface area contributed by atoms with Crippen molar-refractivity contribution in [1.82, 2.24) is 9.97 Å². The van der Waals surface area contributed by atoms with Crippen LogP contribution in [0, 0.1) is 6.92 Å². The average Bonchev–Trinajstić information content (AvgIpc) is 2.84. The molecule has 3 rings (SSSR count). The third-order valence-corrected chi connectivity index (χ3v) is 4.38. The number of fused-ring (bicyclic) bond motifs is 1. The number of nitrogens with two attached hydrogens (primary N) is 1. The van der Waals surface area contributed by atoms with E-state index in [1.165, 1.54) is 0 Å². The number of aromatic nitrogens is 2. The van der Waals surface area contributed by atoms with Crippen LogP contribution in [0.3, 0.4) is 0 Å². The van der Waals surface area contributed by atoms with E-state index in [9.17, 15) is 0 Å². The molecule has 0 bridgehead atoms. The van der Waals surface area contributed by atoms with Gasteiger partial charge in [-0.2, -0.15) is 0 Å². The molecule has 0 saturated heterocycles. The Labute approximate surface area is 128 Å². The van der Waals surface area contributed by atoms with Crippen LogP contribution in [0.1, 0.15) is 17.6 Å². The molecule has 1 aromatic carbocycles. The predicted octanol–water partition coefficient (Wildman–Crippen LogP) is 3.61. The van der Waals surface area contributed by atoms with E-state index >= 15 is 0 Å². The van der Waals surface area contributed by atoms with Crippen molar-refractivity contribution in [3.63, 3.8) is 0 Å². The van der Waals surface area contributed by atoms with Gasteiger partial charge in [-0.05, 0) is 38.1 Å². The molecular formula is C16H18N4S. The van der Waals surface area contributed by atoms with Crippen LogP contribution in [0.15, 0.2) is 36.5 Å². The number of hydrogen-bond donors (Lipinski definition) is 1. The van der Waals surface area contributed by atoms with Gasteiger partial charge in [-0.1, -0.05) is 6.07 Å². The summed E-state index contributed by atoms with van der Waals surface area (Å²) in [6, 6.07) is 10.1. The van der Waals surface area contributed by atoms with E-state index in [4.69, 9.17) is 5.73 Å². The van der Waals surface area contributed by atoms with Gasteiger partial charge in [-0.25, -0.2) is 4.98 Å². The molecule has 108 valence electrons. The van der Waals surface area contributed by atoms with E-state index in [1.54, 1.807) is 11.3 Å². The van der Waals surface area contributed by atoms with Gasteiger partial charge in [0, 0.05) is 12.7 Å². The normalized spacial score (nSPS) is 11.0. The van der Waals surface area contributed by atoms with E-state index in [-0.39, 0.29) is 0 Å². The van der Waals surface area contributed by atoms with Crippen molar-refractivity contribution < 1.29 is 0 Å². The topological polar surface area (TPSA) is 55.0 Å². The lowest BCUT2D eigenvalue weighted by atomic mass is 10.2. The zero-order valence-corrected chi connectivity index (χ0v) is 13.0. The summed E-state index contributed by atoms with van der Waals surface area (Å²) < 4.78 is 1.14. The minimum Gasteiger partial charge on any atom is -0.397 e. The Bertz CT molecular complexity index is 752. The highest BCUT2D eigenvalue weighted by atomic mass is 32.1. The number of nitrogen functional groups attached to an aromatic ring is 1. The first kappa shape index (κ1) is 13.8. The fourth-order valence-electron chi connectivity index (χ4n) is 2.42. The van der Waals surface area contributed by atoms with E-state index in [0.717, 1.165) is 45.4 Å². The molecule has 0 aliphatic rings. The maximum Gasteiger partial charge on any atom is 0.0907 e. The second-order valence-electron chi connectivity index (χ2n) is 4.95. The Morgan fingerprint density at radius 2 is 2.14 bits per heavy atom. The predicted molar refractivity (Wildman–Crippen MR) is 89.7 cm³/mol. The van der Waals surface area contributed by atoms with E-state index < -0.39 is 0 Å². The number of benzene rings is 1. The molecular weight excluding hydrogens is 280 g/mol. The lowest BCUT2D eigenvalue weighted by molar-refractivity contribution is 0.811. The highest BCUT2D eigenvalue weighted by Gasteiger charge is 2.12. The standard InChI is InChI=1S/C16H18N4S/c1-3-20(10-12-6-4-5-7-18-12)15-9-14-16(8-13(15)17)21-11(2)19-14/h4-9H,3,10,17H2,1-2H3. The Kier molecular flexibility index (Phi) is 3.75. The van der Waals surface area contributed by atoms with Crippen molar-refractivity contribution in [3.8, 4) is 0 Å². The van der Waals surface area contributed by atoms with Crippen molar-refractivity contribution in [3.05, 3.63) is 47.2 Å². The highest BCUT2D eigenvalue weighted by Crippen LogP contribution is 2.32. The van der Waals surface area contributed by atoms with Crippen LogP contribution in [0.4, 0.5) is 11.4 Å². The molecule has 0 amide bonds. The van der Waals surface area contributed by atoms with Gasteiger partial charge >= 0.3 is 0 Å². The van der Waals surface area contributed by atoms with Crippen molar-refractivity contribution in [2.75, 3.05) is 17.2 Å². The van der Waals surface area contributed by atoms with E-state index in [0.29, 0.717) is 0 Å². The molecule has 0 saturated carbocycles. The quantitative estimate of drug-likeness (QED) is 0.748. The van der Waals surface area contributed by atoms with Gasteiger partial charge in [0.2, 0.25) is 0 Å². The zero-order valence-electron chi connectivity index (χ0n) is 12.2. The van der Waals surface area contributed by atoms with Crippen LogP contribution in [0.25, 0.3) is 10.2 Å². The van der Waals surface area contributed by atoms with Crippen molar-refractivity contribution in [1.29, 1.82) is 0 Å². The Morgan fingerprint density at radius 3 is 2.86 bits per heavy atom. The summed E-state index contributed by atoms with van der Waals surface area (Å²) in [6.45, 7) is 5.76. The number of thiazole rings is 1. The molecule has 21 heavy (non-hydrogen) atoms. The largest absolute Gasteiger partial charge is 0.397 e. The lowest BCUT2D eigenvalue weighted by Crippen LogP contribution is -2.23. The summed E-state index contributed by atoms with van der Waals surface area (Å²) in [5, 5.41) is 1.06. The third kappa shape index (κ3) is 2.83. The number of nitrogens with zero attached hydrogens (tertiary/aromatic N) is 3. The van der Waals surface area contributed by atoms with Crippen LogP contribution >= 0.6 is 11.3 Å². The highest BCUT2D eigenvalue weighted by molar-refractivity contribution is 7.18. The molecule has 0 atom stereocenters. The summed E-state index contributed by atoms with van der Waals surface area (Å²) in [6.07, 6.45) is 1.82. The average molecular weight is 298 g/mol. The molecule has 4 nitrogen and oxygen atoms in total. The molecule has 0 fully saturated rings. The second-order valence-corrected chi connectivity index (χ2v) is 6.18. The van der Waals surface area contributed by atoms with Gasteiger partial charge in [0.15, 0.2) is 0 Å². The molecule has 3 aromatic rings. The maximum absolute atomic E-state index is 6.24. The number of anilines is 2. The van der Waals surface area contributed by atoms with Crippen LogP contribution in [-0.4, -0.2) is 16.5 Å². The number of aryl methyl sites for hydroxylation is 1. The molecule has 5 heteroatoms. The smallest absolute Gasteiger partial charge is 0.0907 e. The van der Waals surface area contributed by atoms with Gasteiger partial charge in [-0.3, -0.25) is 4.98 Å². The van der Waals surface area contributed by atoms with Crippen LogP contribution in [0.5, 0.6) is 0 Å². The lowest BCUT2D eigenvalue weighted by Gasteiger charge is -2.24. The van der Waals surface area contributed by atoms with Crippen LogP contribution < -0.4 is 10.6 Å². The molecule has 0 spiro atoms. The molecule has 0 unspecified atom stereocenters. The van der Waals surface area contributed by atoms with Crippen LogP contribution in [-0.2, 0) is 6.54 Å². The number of hydrogen-bond acceptors (Lipinski definition) is 5. The monoisotopic (exact) mass is 298 g/mol. The minimum absolute atomic E-state index is 0.746. The van der Waals surface area contributed by atoms with Gasteiger partial charge in [0.1, 0.15) is 0 Å². The molecule has 2 N–H and O–H groups in total. The molecule has 0 aliphatic carbocycles. The molecule has 2 heterocycles. The van der Waals surface area contributed by atoms with Gasteiger partial charge in [0.25, 0.3) is 0 Å². The van der Waals surface area contributed by atoms with Crippen molar-refractivity contribution in [2.45, 2.75) is 20.4 Å². The molecule has 0 aliphatic heterocycles. The number of pyridine rings is 1. The van der Waals surface area contributed by atoms with E-state index in [2.05, 4.69) is 27.9 Å². The fourth-order valence-corrected chi connectivity index (χ4v) is 3.28. The van der Waals surface area contributed by atoms with Gasteiger partial charge in [0.05, 0.1) is 38.8 Å². The number of rotatable bonds is 4. The molecule has 0 radical (unpaired) electrons. The first-order valence-corrected chi connectivity index (χ1v) is 7.80. The van der Waals surface area contributed by atoms with Gasteiger partial charge in [-0.15, -0.1) is 11.3 Å². The van der Waals surface area contributed by atoms with Crippen molar-refractivity contribution >= 4 is 32.9 Å². The first-order chi connectivity index (χ1) is 10.2. The minimum atomic E-state index is 0.746. The Morgan fingerprint density at radius 1 is 1.29 bits per heavy atom. The first-order valence-electron chi connectivity index (χ1n) is 6.99. The molecule has 2 aromatic heterocycles. The summed E-state index contributed by atoms with van der Waals surface area (Å²) in [4.78, 5) is 11.2. The van der Waals surface area contributed by atoms with Gasteiger partial charge < -0.3 is 10.6 Å². The van der Waals surface area contributed by atoms with Crippen molar-refractivity contribution in [2.24, 2.45) is 0 Å². The van der Waals surface area contributed by atoms with E-state index in [1.807, 2.05) is 37.4 Å². The van der Waals surface area contributed by atoms with Crippen LogP contribution in [0.2, 0.25) is 0 Å². The summed E-state index contributed by atoms with van der Waals surface area (Å²) in [7, 11) is 0. The fraction of sp³-hybridized carbons (Fsp3) is 0.250. The zero-order chi connectivity index (χ0) is 14.8. The Balaban J connectivity index is 1.98. The Hall–Kier alpha value is -2.14. The summed E-state index contributed by atoms with van der Waals surface area (Å²) in [5.74, 6) is 0. The second kappa shape index (κ2) is 5.69. The third-order valence-electron chi connectivity index (χ3n) is 3.45. The SMILES string of the molecule is CCN(Cc1ccccn1)c1cc2nc(C)sc2cc1N. The summed E-state index contributed by atoms with van der Waals surface area (Å²) in [5.41, 5.74) is 10.1.